The molecule has 30 heavy (non-hydrogen) atoms. The number of hydrogen-bond acceptors (Lipinski definition) is 2. The quantitative estimate of drug-likeness (QED) is 0.791. The van der Waals surface area contributed by atoms with Gasteiger partial charge in [0.2, 0.25) is 5.91 Å². The van der Waals surface area contributed by atoms with E-state index in [0.29, 0.717) is 19.0 Å². The van der Waals surface area contributed by atoms with Gasteiger partial charge in [0, 0.05) is 25.6 Å². The van der Waals surface area contributed by atoms with Gasteiger partial charge in [0.25, 0.3) is 0 Å². The second kappa shape index (κ2) is 8.42. The Kier molecular flexibility index (Phi) is 5.87. The number of nitrogens with one attached hydrogen (secondary N) is 1. The van der Waals surface area contributed by atoms with Crippen LogP contribution in [0, 0.1) is 5.41 Å². The highest BCUT2D eigenvalue weighted by Crippen LogP contribution is 2.48. The summed E-state index contributed by atoms with van der Waals surface area (Å²) in [5.41, 5.74) is 0.810. The zero-order chi connectivity index (χ0) is 21.2. The molecule has 2 heterocycles. The Morgan fingerprint density at radius 2 is 1.67 bits per heavy atom. The van der Waals surface area contributed by atoms with Crippen LogP contribution in [0.2, 0.25) is 0 Å². The van der Waals surface area contributed by atoms with Crippen molar-refractivity contribution in [1.82, 2.24) is 10.2 Å². The monoisotopic (exact) mass is 416 g/mol. The van der Waals surface area contributed by atoms with Gasteiger partial charge in [-0.1, -0.05) is 48.5 Å². The Bertz CT molecular complexity index is 874. The van der Waals surface area contributed by atoms with E-state index >= 15 is 0 Å². The molecular formula is C24H27F3N2O. The SMILES string of the molecule is O=C(Cc1ccccc1C(F)(F)F)N1CCC2(CCNCC2c2ccccc2)CC1. The lowest BCUT2D eigenvalue weighted by molar-refractivity contribution is -0.139. The molecule has 3 nitrogen and oxygen atoms in total. The summed E-state index contributed by atoms with van der Waals surface area (Å²) in [6.45, 7) is 3.11. The van der Waals surface area contributed by atoms with Gasteiger partial charge in [-0.15, -0.1) is 0 Å². The van der Waals surface area contributed by atoms with Crippen LogP contribution >= 0.6 is 0 Å². The molecular weight excluding hydrogens is 389 g/mol. The second-order valence-corrected chi connectivity index (χ2v) is 8.49. The van der Waals surface area contributed by atoms with Gasteiger partial charge in [-0.3, -0.25) is 4.79 Å². The fourth-order valence-corrected chi connectivity index (χ4v) is 5.16. The molecule has 2 saturated heterocycles. The predicted molar refractivity (Wildman–Crippen MR) is 110 cm³/mol. The number of amides is 1. The van der Waals surface area contributed by atoms with Crippen molar-refractivity contribution < 1.29 is 18.0 Å². The fourth-order valence-electron chi connectivity index (χ4n) is 5.16. The molecule has 2 fully saturated rings. The molecule has 0 radical (unpaired) electrons. The molecule has 2 aliphatic rings. The number of likely N-dealkylation sites (tertiary alicyclic amines) is 1. The minimum atomic E-state index is -4.44. The van der Waals surface area contributed by atoms with Gasteiger partial charge in [-0.05, 0) is 48.4 Å². The van der Waals surface area contributed by atoms with Crippen molar-refractivity contribution in [2.75, 3.05) is 26.2 Å². The first-order valence-corrected chi connectivity index (χ1v) is 10.6. The zero-order valence-corrected chi connectivity index (χ0v) is 16.9. The molecule has 1 N–H and O–H groups in total. The van der Waals surface area contributed by atoms with Gasteiger partial charge in [-0.25, -0.2) is 0 Å². The van der Waals surface area contributed by atoms with Gasteiger partial charge in [0.15, 0.2) is 0 Å². The average molecular weight is 416 g/mol. The third kappa shape index (κ3) is 4.24. The minimum absolute atomic E-state index is 0.0549. The molecule has 1 spiro atoms. The van der Waals surface area contributed by atoms with Gasteiger partial charge >= 0.3 is 6.18 Å². The van der Waals surface area contributed by atoms with Crippen LogP contribution in [0.4, 0.5) is 13.2 Å². The first-order chi connectivity index (χ1) is 14.4. The maximum absolute atomic E-state index is 13.3. The molecule has 0 saturated carbocycles. The fraction of sp³-hybridized carbons (Fsp3) is 0.458. The zero-order valence-electron chi connectivity index (χ0n) is 16.9. The average Bonchev–Trinajstić information content (AvgIpc) is 2.75. The Morgan fingerprint density at radius 1 is 1.00 bits per heavy atom. The van der Waals surface area contributed by atoms with Crippen LogP contribution in [0.15, 0.2) is 54.6 Å². The highest BCUT2D eigenvalue weighted by molar-refractivity contribution is 5.79. The van der Waals surface area contributed by atoms with E-state index < -0.39 is 11.7 Å². The number of rotatable bonds is 3. The number of nitrogens with zero attached hydrogens (tertiary/aromatic N) is 1. The molecule has 6 heteroatoms. The number of carbonyl (C=O) groups excluding carboxylic acids is 1. The van der Waals surface area contributed by atoms with E-state index in [2.05, 4.69) is 29.6 Å². The number of hydrogen-bond donors (Lipinski definition) is 1. The van der Waals surface area contributed by atoms with Crippen molar-refractivity contribution in [2.24, 2.45) is 5.41 Å². The summed E-state index contributed by atoms with van der Waals surface area (Å²) in [7, 11) is 0. The predicted octanol–water partition coefficient (Wildman–Crippen LogP) is 4.63. The molecule has 2 aliphatic heterocycles. The van der Waals surface area contributed by atoms with Crippen LogP contribution in [0.3, 0.4) is 0 Å². The van der Waals surface area contributed by atoms with E-state index in [9.17, 15) is 18.0 Å². The first kappa shape index (κ1) is 20.9. The number of halogens is 3. The molecule has 160 valence electrons. The van der Waals surface area contributed by atoms with Crippen molar-refractivity contribution >= 4 is 5.91 Å². The van der Waals surface area contributed by atoms with Crippen molar-refractivity contribution in [3.63, 3.8) is 0 Å². The van der Waals surface area contributed by atoms with Gasteiger partial charge in [0.05, 0.1) is 12.0 Å². The first-order valence-electron chi connectivity index (χ1n) is 10.6. The van der Waals surface area contributed by atoms with Crippen LogP contribution in [0.1, 0.15) is 41.9 Å². The molecule has 0 aliphatic carbocycles. The van der Waals surface area contributed by atoms with E-state index in [-0.39, 0.29) is 23.3 Å². The molecule has 2 aromatic carbocycles. The van der Waals surface area contributed by atoms with E-state index in [1.807, 2.05) is 6.07 Å². The lowest BCUT2D eigenvalue weighted by Gasteiger charge is -2.49. The van der Waals surface area contributed by atoms with E-state index in [0.717, 1.165) is 38.4 Å². The summed E-state index contributed by atoms with van der Waals surface area (Å²) >= 11 is 0. The summed E-state index contributed by atoms with van der Waals surface area (Å²) in [5.74, 6) is 0.183. The van der Waals surface area contributed by atoms with Crippen LogP contribution < -0.4 is 5.32 Å². The summed E-state index contributed by atoms with van der Waals surface area (Å²) in [6, 6.07) is 15.9. The van der Waals surface area contributed by atoms with Crippen LogP contribution in [0.5, 0.6) is 0 Å². The Balaban J connectivity index is 1.45. The highest BCUT2D eigenvalue weighted by Gasteiger charge is 2.44. The molecule has 0 bridgehead atoms. The molecule has 0 aromatic heterocycles. The van der Waals surface area contributed by atoms with Gasteiger partial charge < -0.3 is 10.2 Å². The summed E-state index contributed by atoms with van der Waals surface area (Å²) < 4.78 is 39.8. The topological polar surface area (TPSA) is 32.3 Å². The van der Waals surface area contributed by atoms with E-state index in [1.54, 1.807) is 11.0 Å². The molecule has 2 aromatic rings. The van der Waals surface area contributed by atoms with Crippen molar-refractivity contribution in [2.45, 2.75) is 37.8 Å². The molecule has 1 unspecified atom stereocenters. The Labute approximate surface area is 175 Å². The van der Waals surface area contributed by atoms with Gasteiger partial charge in [0.1, 0.15) is 0 Å². The summed E-state index contributed by atoms with van der Waals surface area (Å²) in [4.78, 5) is 14.6. The summed E-state index contributed by atoms with van der Waals surface area (Å²) in [5, 5.41) is 3.50. The van der Waals surface area contributed by atoms with Gasteiger partial charge in [-0.2, -0.15) is 13.2 Å². The number of alkyl halides is 3. The van der Waals surface area contributed by atoms with E-state index in [4.69, 9.17) is 0 Å². The van der Waals surface area contributed by atoms with Crippen LogP contribution in [0.25, 0.3) is 0 Å². The van der Waals surface area contributed by atoms with Crippen molar-refractivity contribution in [1.29, 1.82) is 0 Å². The van der Waals surface area contributed by atoms with Crippen molar-refractivity contribution in [3.05, 3.63) is 71.3 Å². The largest absolute Gasteiger partial charge is 0.416 e. The Morgan fingerprint density at radius 3 is 2.37 bits per heavy atom. The van der Waals surface area contributed by atoms with Crippen LogP contribution in [-0.2, 0) is 17.4 Å². The minimum Gasteiger partial charge on any atom is -0.342 e. The highest BCUT2D eigenvalue weighted by atomic mass is 19.4. The smallest absolute Gasteiger partial charge is 0.342 e. The number of benzene rings is 2. The van der Waals surface area contributed by atoms with Crippen molar-refractivity contribution in [3.8, 4) is 0 Å². The number of piperidine rings is 2. The third-order valence-corrected chi connectivity index (χ3v) is 6.87. The normalized spacial score (nSPS) is 21.6. The van der Waals surface area contributed by atoms with E-state index in [1.165, 1.54) is 17.7 Å². The lowest BCUT2D eigenvalue weighted by atomic mass is 9.62. The maximum Gasteiger partial charge on any atom is 0.416 e. The molecule has 1 atom stereocenters. The Hall–Kier alpha value is -2.34. The number of carbonyl (C=O) groups is 1. The molecule has 1 amide bonds. The summed E-state index contributed by atoms with van der Waals surface area (Å²) in [6.07, 6.45) is -1.81. The standard InChI is InChI=1S/C24H27F3N2O/c25-24(26,27)20-9-5-4-8-19(20)16-22(30)29-14-11-23(12-15-29)10-13-28-17-21(23)18-6-2-1-3-7-18/h1-9,21,28H,10-17H2. The van der Waals surface area contributed by atoms with Crippen LogP contribution in [-0.4, -0.2) is 37.0 Å². The lowest BCUT2D eigenvalue weighted by Crippen LogP contribution is -2.51. The third-order valence-electron chi connectivity index (χ3n) is 6.87. The second-order valence-electron chi connectivity index (χ2n) is 8.49. The maximum atomic E-state index is 13.3. The molecule has 4 rings (SSSR count).